The normalized spacial score (nSPS) is 13.8. The lowest BCUT2D eigenvalue weighted by Gasteiger charge is -2.55. The third-order valence-corrected chi connectivity index (χ3v) is 11.3. The van der Waals surface area contributed by atoms with Crippen LogP contribution in [0.4, 0.5) is 0 Å². The van der Waals surface area contributed by atoms with Crippen molar-refractivity contribution >= 4 is 8.60 Å². The van der Waals surface area contributed by atoms with Crippen LogP contribution in [0, 0.1) is 26.2 Å². The molecule has 8 heteroatoms. The van der Waals surface area contributed by atoms with Crippen molar-refractivity contribution < 1.29 is 34.7 Å². The number of hydrogen-bond donors (Lipinski definition) is 6. The molecule has 0 radical (unpaired) electrons. The Hall–Kier alpha value is -2.35. The SMILES string of the molecule is Cc1cc(C(C)(C)C)c(OC(c2c(C(C)(C)C)cc(C)cc2C(C)(C)C)(c2c(C(C)(C)C)cc(C)cc2C(C)(C)C)C(CO)(CO)CO)c(C(C)(C)C)c1.OP(O)O. The zero-order valence-electron chi connectivity index (χ0n) is 40.1. The van der Waals surface area contributed by atoms with Gasteiger partial charge in [0.15, 0.2) is 5.60 Å². The van der Waals surface area contributed by atoms with E-state index in [-0.39, 0.29) is 10.8 Å². The van der Waals surface area contributed by atoms with Crippen molar-refractivity contribution in [3.63, 3.8) is 0 Å². The Kier molecular flexibility index (Phi) is 15.7. The van der Waals surface area contributed by atoms with Gasteiger partial charge in [-0.1, -0.05) is 178 Å². The van der Waals surface area contributed by atoms with E-state index in [2.05, 4.69) is 182 Å². The summed E-state index contributed by atoms with van der Waals surface area (Å²) in [6.07, 6.45) is 0. The maximum Gasteiger partial charge on any atom is 0.324 e. The second-order valence-electron chi connectivity index (χ2n) is 23.0. The molecule has 0 aliphatic carbocycles. The summed E-state index contributed by atoms with van der Waals surface area (Å²) in [4.78, 5) is 21.7. The Morgan fingerprint density at radius 2 is 0.586 bits per heavy atom. The van der Waals surface area contributed by atoms with Crippen molar-refractivity contribution in [2.75, 3.05) is 19.8 Å². The van der Waals surface area contributed by atoms with E-state index in [1.54, 1.807) is 0 Å². The van der Waals surface area contributed by atoms with Gasteiger partial charge in [-0.25, -0.2) is 0 Å². The second kappa shape index (κ2) is 17.6. The number of hydrogen-bond acceptors (Lipinski definition) is 7. The zero-order valence-corrected chi connectivity index (χ0v) is 41.0. The minimum Gasteiger partial charge on any atom is -0.476 e. The Balaban J connectivity index is 0.00000276. The number of benzene rings is 3. The van der Waals surface area contributed by atoms with Crippen LogP contribution in [0.5, 0.6) is 5.75 Å². The highest BCUT2D eigenvalue weighted by Gasteiger charge is 2.61. The van der Waals surface area contributed by atoms with Gasteiger partial charge in [-0.2, -0.15) is 0 Å². The molecule has 0 aliphatic heterocycles. The first-order valence-electron chi connectivity index (χ1n) is 20.7. The Morgan fingerprint density at radius 3 is 0.759 bits per heavy atom. The van der Waals surface area contributed by atoms with E-state index in [9.17, 15) is 15.3 Å². The number of aryl methyl sites for hydroxylation is 3. The van der Waals surface area contributed by atoms with Crippen molar-refractivity contribution in [1.82, 2.24) is 0 Å². The molecule has 0 aromatic heterocycles. The molecular formula is C50H81O7P. The summed E-state index contributed by atoms with van der Waals surface area (Å²) in [5, 5.41) is 36.3. The van der Waals surface area contributed by atoms with E-state index in [0.717, 1.165) is 66.9 Å². The molecule has 0 atom stereocenters. The number of rotatable bonds is 8. The lowest BCUT2D eigenvalue weighted by molar-refractivity contribution is -0.125. The van der Waals surface area contributed by atoms with Crippen molar-refractivity contribution in [3.05, 3.63) is 97.6 Å². The molecule has 328 valence electrons. The van der Waals surface area contributed by atoms with Crippen LogP contribution in [0.25, 0.3) is 0 Å². The highest BCUT2D eigenvalue weighted by Crippen LogP contribution is 2.59. The molecule has 0 bridgehead atoms. The second-order valence-corrected chi connectivity index (χ2v) is 23.5. The summed E-state index contributed by atoms with van der Waals surface area (Å²) >= 11 is 0. The van der Waals surface area contributed by atoms with Crippen molar-refractivity contribution in [1.29, 1.82) is 0 Å². The molecule has 7 nitrogen and oxygen atoms in total. The van der Waals surface area contributed by atoms with Gasteiger partial charge in [-0.05, 0) is 75.5 Å². The third kappa shape index (κ3) is 10.9. The van der Waals surface area contributed by atoms with E-state index in [4.69, 9.17) is 19.4 Å². The van der Waals surface area contributed by atoms with Gasteiger partial charge < -0.3 is 34.7 Å². The molecule has 0 fully saturated rings. The van der Waals surface area contributed by atoms with Crippen LogP contribution in [-0.4, -0.2) is 49.8 Å². The van der Waals surface area contributed by atoms with Crippen LogP contribution in [-0.2, 0) is 38.1 Å². The van der Waals surface area contributed by atoms with E-state index in [1.165, 1.54) is 0 Å². The fraction of sp³-hybridized carbons (Fsp3) is 0.640. The van der Waals surface area contributed by atoms with Crippen LogP contribution in [0.2, 0.25) is 0 Å². The van der Waals surface area contributed by atoms with Gasteiger partial charge in [0.2, 0.25) is 0 Å². The van der Waals surface area contributed by atoms with Gasteiger partial charge in [0.1, 0.15) is 5.75 Å². The van der Waals surface area contributed by atoms with E-state index in [0.29, 0.717) is 0 Å². The van der Waals surface area contributed by atoms with E-state index >= 15 is 0 Å². The molecule has 58 heavy (non-hydrogen) atoms. The molecule has 3 rings (SSSR count). The van der Waals surface area contributed by atoms with Crippen LogP contribution >= 0.6 is 8.60 Å². The molecule has 0 saturated heterocycles. The largest absolute Gasteiger partial charge is 0.476 e. The molecule has 0 unspecified atom stereocenters. The highest BCUT2D eigenvalue weighted by molar-refractivity contribution is 7.38. The quantitative estimate of drug-likeness (QED) is 0.125. The summed E-state index contributed by atoms with van der Waals surface area (Å²) in [6.45, 7) is 45.0. The average molecular weight is 825 g/mol. The summed E-state index contributed by atoms with van der Waals surface area (Å²) in [6, 6.07) is 13.6. The monoisotopic (exact) mass is 825 g/mol. The number of aliphatic hydroxyl groups excluding tert-OH is 3. The molecule has 3 aromatic rings. The standard InChI is InChI=1S/C50H78O4.H3O3P/c1-31-22-34(43(4,5)6)40(35(23-31)44(7,8)9)50(49(28-51,29-52)30-53,41-36(45(10,11)12)24-32(2)25-37(41)46(13,14)15)54-42-38(47(16,17)18)26-33(3)27-39(42)48(19,20)21;1-4(2)3/h22-27,51-53H,28-30H2,1-21H3;1-3H. The molecule has 0 aliphatic rings. The predicted octanol–water partition coefficient (Wildman–Crippen LogP) is 10.9. The maximum atomic E-state index is 12.1. The Labute approximate surface area is 354 Å². The minimum atomic E-state index is -2.62. The fourth-order valence-corrected chi connectivity index (χ4v) is 8.20. The minimum absolute atomic E-state index is 0.340. The summed E-state index contributed by atoms with van der Waals surface area (Å²) in [7, 11) is -2.62. The van der Waals surface area contributed by atoms with Gasteiger partial charge in [-0.3, -0.25) is 0 Å². The van der Waals surface area contributed by atoms with Gasteiger partial charge >= 0.3 is 8.60 Å². The molecule has 3 aromatic carbocycles. The van der Waals surface area contributed by atoms with Crippen molar-refractivity contribution in [3.8, 4) is 5.75 Å². The molecule has 6 N–H and O–H groups in total. The van der Waals surface area contributed by atoms with Crippen LogP contribution in [0.15, 0.2) is 36.4 Å². The molecule has 0 spiro atoms. The van der Waals surface area contributed by atoms with Crippen molar-refractivity contribution in [2.45, 2.75) is 183 Å². The highest BCUT2D eigenvalue weighted by atomic mass is 31.2. The first-order chi connectivity index (χ1) is 25.9. The number of ether oxygens (including phenoxy) is 1. The Bertz CT molecular complexity index is 1680. The molecule has 0 saturated carbocycles. The van der Waals surface area contributed by atoms with Gasteiger partial charge in [-0.15, -0.1) is 0 Å². The molecule has 0 heterocycles. The Morgan fingerprint density at radius 1 is 0.397 bits per heavy atom. The summed E-state index contributed by atoms with van der Waals surface area (Å²) in [5.41, 5.74) is 6.06. The van der Waals surface area contributed by atoms with E-state index < -0.39 is 61.1 Å². The van der Waals surface area contributed by atoms with Gasteiger partial charge in [0, 0.05) is 22.3 Å². The van der Waals surface area contributed by atoms with Gasteiger partial charge in [0.05, 0.1) is 25.2 Å². The molecular weight excluding hydrogens is 744 g/mol. The van der Waals surface area contributed by atoms with E-state index in [1.807, 2.05) is 0 Å². The smallest absolute Gasteiger partial charge is 0.324 e. The maximum absolute atomic E-state index is 12.1. The first kappa shape index (κ1) is 51.8. The first-order valence-corrected chi connectivity index (χ1v) is 21.9. The van der Waals surface area contributed by atoms with Crippen LogP contribution in [0.1, 0.15) is 186 Å². The van der Waals surface area contributed by atoms with Gasteiger partial charge in [0.25, 0.3) is 0 Å². The fourth-order valence-electron chi connectivity index (χ4n) is 8.20. The lowest BCUT2D eigenvalue weighted by atomic mass is 9.56. The van der Waals surface area contributed by atoms with Crippen molar-refractivity contribution in [2.24, 2.45) is 5.41 Å². The lowest BCUT2D eigenvalue weighted by Crippen LogP contribution is -2.60. The summed E-state index contributed by atoms with van der Waals surface area (Å²) in [5.74, 6) is 0.737. The predicted molar refractivity (Wildman–Crippen MR) is 244 cm³/mol. The molecule has 0 amide bonds. The topological polar surface area (TPSA) is 131 Å². The zero-order chi connectivity index (χ0) is 45.6. The van der Waals surface area contributed by atoms with Crippen LogP contribution in [0.3, 0.4) is 0 Å². The summed E-state index contributed by atoms with van der Waals surface area (Å²) < 4.78 is 8.33. The van der Waals surface area contributed by atoms with Crippen LogP contribution < -0.4 is 4.74 Å². The third-order valence-electron chi connectivity index (χ3n) is 11.3. The average Bonchev–Trinajstić information content (AvgIpc) is 3.02. The number of aliphatic hydroxyl groups is 3.